The topological polar surface area (TPSA) is 46.9 Å². The van der Waals surface area contributed by atoms with E-state index in [0.29, 0.717) is 11.1 Å². The Labute approximate surface area is 212 Å². The quantitative estimate of drug-likeness (QED) is 0.322. The Hall–Kier alpha value is -2.11. The van der Waals surface area contributed by atoms with Crippen molar-refractivity contribution in [1.82, 2.24) is 14.9 Å². The number of nitrogens with zero attached hydrogens (tertiary/aromatic N) is 2. The van der Waals surface area contributed by atoms with Crippen LogP contribution in [-0.2, 0) is 0 Å². The van der Waals surface area contributed by atoms with Crippen LogP contribution in [0.15, 0.2) is 35.7 Å². The number of benzene rings is 1. The molecule has 1 saturated carbocycles. The predicted octanol–water partition coefficient (Wildman–Crippen LogP) is 8.44. The second kappa shape index (κ2) is 11.5. The van der Waals surface area contributed by atoms with E-state index in [-0.39, 0.29) is 11.9 Å². The Kier molecular flexibility index (Phi) is 8.49. The van der Waals surface area contributed by atoms with Crippen molar-refractivity contribution < 1.29 is 4.79 Å². The highest BCUT2D eigenvalue weighted by Crippen LogP contribution is 2.38. The van der Waals surface area contributed by atoms with Gasteiger partial charge in [-0.1, -0.05) is 75.8 Å². The number of carbonyl (C=O) groups is 1. The molecule has 4 nitrogen and oxygen atoms in total. The molecule has 1 fully saturated rings. The fraction of sp³-hybridized carbons (Fsp3) is 0.500. The van der Waals surface area contributed by atoms with Crippen LogP contribution < -0.4 is 5.32 Å². The fourth-order valence-corrected chi connectivity index (χ4v) is 6.23. The van der Waals surface area contributed by atoms with Gasteiger partial charge in [-0.05, 0) is 44.7 Å². The number of halogens is 1. The molecule has 0 aliphatic heterocycles. The molecule has 34 heavy (non-hydrogen) atoms. The summed E-state index contributed by atoms with van der Waals surface area (Å²) in [5, 5.41) is 7.02. The lowest BCUT2D eigenvalue weighted by Gasteiger charge is -2.27. The standard InChI is InChI=1S/C28H36ClN3OS/c1-4-6-12-20(5-2)30-27(33)23-17-26(32(19(23)3)21-13-8-7-9-14-21)25-18-34-28(31-25)22-15-10-11-16-24(22)29/h10-11,15-18,20-21H,4-9,12-14H2,1-3H3,(H,30,33). The number of thiazole rings is 1. The van der Waals surface area contributed by atoms with Crippen LogP contribution in [-0.4, -0.2) is 21.5 Å². The number of nitrogens with one attached hydrogen (secondary N) is 1. The van der Waals surface area contributed by atoms with Gasteiger partial charge in [0.25, 0.3) is 5.91 Å². The van der Waals surface area contributed by atoms with Gasteiger partial charge in [0.1, 0.15) is 5.01 Å². The summed E-state index contributed by atoms with van der Waals surface area (Å²) in [4.78, 5) is 18.4. The Bertz CT molecular complexity index is 1110. The zero-order valence-electron chi connectivity index (χ0n) is 20.6. The third kappa shape index (κ3) is 5.41. The third-order valence-electron chi connectivity index (χ3n) is 7.08. The number of hydrogen-bond acceptors (Lipinski definition) is 3. The van der Waals surface area contributed by atoms with Gasteiger partial charge < -0.3 is 9.88 Å². The molecule has 1 aliphatic carbocycles. The van der Waals surface area contributed by atoms with E-state index in [1.165, 1.54) is 19.3 Å². The van der Waals surface area contributed by atoms with Gasteiger partial charge in [-0.2, -0.15) is 0 Å². The van der Waals surface area contributed by atoms with Gasteiger partial charge in [-0.15, -0.1) is 11.3 Å². The monoisotopic (exact) mass is 497 g/mol. The first-order chi connectivity index (χ1) is 16.5. The number of amides is 1. The normalized spacial score (nSPS) is 15.4. The minimum absolute atomic E-state index is 0.0396. The summed E-state index contributed by atoms with van der Waals surface area (Å²) in [5.74, 6) is 0.0396. The minimum atomic E-state index is 0.0396. The predicted molar refractivity (Wildman–Crippen MR) is 144 cm³/mol. The van der Waals surface area contributed by atoms with Crippen molar-refractivity contribution in [2.45, 2.75) is 90.6 Å². The van der Waals surface area contributed by atoms with E-state index in [0.717, 1.165) is 71.7 Å². The molecule has 3 aromatic rings. The van der Waals surface area contributed by atoms with Gasteiger partial charge in [0.05, 0.1) is 22.0 Å². The van der Waals surface area contributed by atoms with Crippen LogP contribution in [0.25, 0.3) is 22.0 Å². The van der Waals surface area contributed by atoms with Gasteiger partial charge in [0.15, 0.2) is 0 Å². The molecule has 0 radical (unpaired) electrons. The van der Waals surface area contributed by atoms with E-state index in [4.69, 9.17) is 16.6 Å². The molecule has 1 N–H and O–H groups in total. The average molecular weight is 498 g/mol. The van der Waals surface area contributed by atoms with E-state index in [9.17, 15) is 4.79 Å². The van der Waals surface area contributed by atoms with Crippen molar-refractivity contribution >= 4 is 28.8 Å². The molecule has 1 unspecified atom stereocenters. The Morgan fingerprint density at radius 1 is 1.24 bits per heavy atom. The molecule has 1 aliphatic rings. The first-order valence-corrected chi connectivity index (χ1v) is 14.0. The summed E-state index contributed by atoms with van der Waals surface area (Å²) in [6, 6.07) is 10.5. The maximum atomic E-state index is 13.4. The van der Waals surface area contributed by atoms with Crippen LogP contribution >= 0.6 is 22.9 Å². The van der Waals surface area contributed by atoms with Crippen molar-refractivity contribution in [3.8, 4) is 22.0 Å². The van der Waals surface area contributed by atoms with Crippen LogP contribution in [0.2, 0.25) is 5.02 Å². The third-order valence-corrected chi connectivity index (χ3v) is 8.29. The van der Waals surface area contributed by atoms with Crippen molar-refractivity contribution in [3.63, 3.8) is 0 Å². The van der Waals surface area contributed by atoms with Crippen molar-refractivity contribution in [2.75, 3.05) is 0 Å². The second-order valence-electron chi connectivity index (χ2n) is 9.43. The lowest BCUT2D eigenvalue weighted by molar-refractivity contribution is 0.0932. The second-order valence-corrected chi connectivity index (χ2v) is 10.7. The number of hydrogen-bond donors (Lipinski definition) is 1. The van der Waals surface area contributed by atoms with Crippen LogP contribution in [0.3, 0.4) is 0 Å². The molecule has 0 bridgehead atoms. The first-order valence-electron chi connectivity index (χ1n) is 12.8. The van der Waals surface area contributed by atoms with Crippen LogP contribution in [0.4, 0.5) is 0 Å². The molecule has 6 heteroatoms. The fourth-order valence-electron chi connectivity index (χ4n) is 5.10. The molecule has 1 amide bonds. The average Bonchev–Trinajstić information content (AvgIpc) is 3.47. The van der Waals surface area contributed by atoms with Gasteiger partial charge in [0.2, 0.25) is 0 Å². The summed E-state index contributed by atoms with van der Waals surface area (Å²) in [5.41, 5.74) is 4.75. The van der Waals surface area contributed by atoms with Gasteiger partial charge in [-0.3, -0.25) is 4.79 Å². The Morgan fingerprint density at radius 2 is 2.00 bits per heavy atom. The van der Waals surface area contributed by atoms with Crippen molar-refractivity contribution in [1.29, 1.82) is 0 Å². The SMILES string of the molecule is CCCCC(CC)NC(=O)c1cc(-c2csc(-c3ccccc3Cl)n2)n(C2CCCCC2)c1C. The summed E-state index contributed by atoms with van der Waals surface area (Å²) in [6.45, 7) is 6.44. The summed E-state index contributed by atoms with van der Waals surface area (Å²) >= 11 is 8.05. The maximum Gasteiger partial charge on any atom is 0.253 e. The van der Waals surface area contributed by atoms with Crippen molar-refractivity contribution in [3.05, 3.63) is 52.0 Å². The lowest BCUT2D eigenvalue weighted by Crippen LogP contribution is -2.34. The molecular weight excluding hydrogens is 462 g/mol. The van der Waals surface area contributed by atoms with Gasteiger partial charge >= 0.3 is 0 Å². The highest BCUT2D eigenvalue weighted by atomic mass is 35.5. The zero-order valence-corrected chi connectivity index (χ0v) is 22.1. The summed E-state index contributed by atoms with van der Waals surface area (Å²) in [7, 11) is 0. The van der Waals surface area contributed by atoms with Crippen LogP contribution in [0, 0.1) is 6.92 Å². The van der Waals surface area contributed by atoms with E-state index in [1.807, 2.05) is 24.3 Å². The van der Waals surface area contributed by atoms with E-state index >= 15 is 0 Å². The molecular formula is C28H36ClN3OS. The molecule has 2 aromatic heterocycles. The number of aromatic nitrogens is 2. The first kappa shape index (κ1) is 25.0. The summed E-state index contributed by atoms with van der Waals surface area (Å²) < 4.78 is 2.40. The smallest absolute Gasteiger partial charge is 0.253 e. The molecule has 182 valence electrons. The van der Waals surface area contributed by atoms with Crippen LogP contribution in [0.5, 0.6) is 0 Å². The molecule has 2 heterocycles. The van der Waals surface area contributed by atoms with E-state index in [1.54, 1.807) is 11.3 Å². The molecule has 4 rings (SSSR count). The lowest BCUT2D eigenvalue weighted by atomic mass is 9.95. The minimum Gasteiger partial charge on any atom is -0.349 e. The number of carbonyl (C=O) groups excluding carboxylic acids is 1. The summed E-state index contributed by atoms with van der Waals surface area (Å²) in [6.07, 6.45) is 10.3. The number of rotatable bonds is 9. The molecule has 1 atom stereocenters. The highest BCUT2D eigenvalue weighted by Gasteiger charge is 2.26. The largest absolute Gasteiger partial charge is 0.349 e. The molecule has 0 saturated heterocycles. The van der Waals surface area contributed by atoms with Crippen molar-refractivity contribution in [2.24, 2.45) is 0 Å². The molecule has 0 spiro atoms. The zero-order chi connectivity index (χ0) is 24.1. The molecule has 1 aromatic carbocycles. The number of unbranched alkanes of at least 4 members (excludes halogenated alkanes) is 1. The van der Waals surface area contributed by atoms with Gasteiger partial charge in [-0.25, -0.2) is 4.98 Å². The Morgan fingerprint density at radius 3 is 2.71 bits per heavy atom. The van der Waals surface area contributed by atoms with E-state index in [2.05, 4.69) is 42.1 Å². The highest BCUT2D eigenvalue weighted by molar-refractivity contribution is 7.13. The van der Waals surface area contributed by atoms with Gasteiger partial charge in [0, 0.05) is 28.7 Å². The van der Waals surface area contributed by atoms with E-state index < -0.39 is 0 Å². The Balaban J connectivity index is 1.70. The van der Waals surface area contributed by atoms with Crippen LogP contribution in [0.1, 0.15) is 93.7 Å². The maximum absolute atomic E-state index is 13.4.